The van der Waals surface area contributed by atoms with Gasteiger partial charge in [-0.05, 0) is 32.3 Å². The van der Waals surface area contributed by atoms with Gasteiger partial charge in [0.2, 0.25) is 11.8 Å². The number of thiophene rings is 1. The van der Waals surface area contributed by atoms with Crippen molar-refractivity contribution in [2.45, 2.75) is 52.2 Å². The van der Waals surface area contributed by atoms with Crippen LogP contribution in [-0.4, -0.2) is 26.4 Å². The van der Waals surface area contributed by atoms with Crippen LogP contribution in [0, 0.1) is 13.8 Å². The molecule has 0 atom stereocenters. The molecule has 0 aliphatic heterocycles. The third kappa shape index (κ3) is 3.93. The molecule has 1 amide bonds. The summed E-state index contributed by atoms with van der Waals surface area (Å²) in [5, 5.41) is 7.83. The number of fused-ring (bicyclic) bond motifs is 1. The summed E-state index contributed by atoms with van der Waals surface area (Å²) < 4.78 is 6.74. The van der Waals surface area contributed by atoms with E-state index < -0.39 is 0 Å². The first-order valence-electron chi connectivity index (χ1n) is 8.71. The molecule has 1 N–H and O–H groups in total. The maximum absolute atomic E-state index is 12.8. The highest BCUT2D eigenvalue weighted by Gasteiger charge is 2.17. The van der Waals surface area contributed by atoms with Gasteiger partial charge in [0, 0.05) is 17.5 Å². The Morgan fingerprint density at radius 1 is 1.41 bits per heavy atom. The second-order valence-corrected chi connectivity index (χ2v) is 8.66. The highest BCUT2D eigenvalue weighted by Crippen LogP contribution is 2.28. The molecular weight excluding hydrogens is 384 g/mol. The van der Waals surface area contributed by atoms with E-state index in [1.807, 2.05) is 34.6 Å². The third-order valence-corrected chi connectivity index (χ3v) is 6.36. The highest BCUT2D eigenvalue weighted by molar-refractivity contribution is 7.99. The lowest BCUT2D eigenvalue weighted by Crippen LogP contribution is -2.23. The molecule has 7 nitrogen and oxygen atoms in total. The number of hydrogen-bond donors (Lipinski definition) is 1. The topological polar surface area (TPSA) is 90.0 Å². The third-order valence-electron chi connectivity index (χ3n) is 4.28. The standard InChI is InChI=1S/C18H22N4O3S2/c1-6-22-17(24)15-10(4)11(5)27-16(15)20-18(22)26-8-13(23)19-14-7-12(9(2)3)21-25-14/h7,9H,6,8H2,1-5H3,(H,19,23). The van der Waals surface area contributed by atoms with Gasteiger partial charge >= 0.3 is 0 Å². The van der Waals surface area contributed by atoms with Gasteiger partial charge in [0.05, 0.1) is 16.8 Å². The van der Waals surface area contributed by atoms with Crippen molar-refractivity contribution in [2.75, 3.05) is 11.1 Å². The number of anilines is 1. The van der Waals surface area contributed by atoms with Crippen molar-refractivity contribution in [2.24, 2.45) is 0 Å². The number of carbonyl (C=O) groups excluding carboxylic acids is 1. The number of rotatable bonds is 6. The van der Waals surface area contributed by atoms with E-state index in [1.165, 1.54) is 23.1 Å². The predicted molar refractivity (Wildman–Crippen MR) is 109 cm³/mol. The molecular formula is C18H22N4O3S2. The van der Waals surface area contributed by atoms with E-state index in [0.29, 0.717) is 23.0 Å². The molecule has 3 rings (SSSR count). The van der Waals surface area contributed by atoms with Crippen molar-refractivity contribution in [3.63, 3.8) is 0 Å². The van der Waals surface area contributed by atoms with Crippen LogP contribution >= 0.6 is 23.1 Å². The minimum absolute atomic E-state index is 0.0518. The van der Waals surface area contributed by atoms with E-state index in [9.17, 15) is 9.59 Å². The summed E-state index contributed by atoms with van der Waals surface area (Å²) in [5.74, 6) is 0.437. The Morgan fingerprint density at radius 2 is 2.15 bits per heavy atom. The Kier molecular flexibility index (Phi) is 5.71. The number of nitrogens with zero attached hydrogens (tertiary/aromatic N) is 3. The number of aromatic nitrogens is 3. The summed E-state index contributed by atoms with van der Waals surface area (Å²) in [5.41, 5.74) is 1.72. The first-order chi connectivity index (χ1) is 12.8. The summed E-state index contributed by atoms with van der Waals surface area (Å²) in [7, 11) is 0. The Balaban J connectivity index is 1.77. The molecule has 0 bridgehead atoms. The van der Waals surface area contributed by atoms with Gasteiger partial charge in [-0.1, -0.05) is 30.8 Å². The minimum atomic E-state index is -0.234. The maximum atomic E-state index is 12.8. The Morgan fingerprint density at radius 3 is 2.78 bits per heavy atom. The number of hydrogen-bond acceptors (Lipinski definition) is 7. The zero-order valence-electron chi connectivity index (χ0n) is 16.0. The molecule has 0 aromatic carbocycles. The van der Waals surface area contributed by atoms with Crippen molar-refractivity contribution in [1.29, 1.82) is 0 Å². The van der Waals surface area contributed by atoms with Crippen LogP contribution in [0.3, 0.4) is 0 Å². The molecule has 0 unspecified atom stereocenters. The van der Waals surface area contributed by atoms with Gasteiger partial charge in [0.25, 0.3) is 5.56 Å². The minimum Gasteiger partial charge on any atom is -0.338 e. The molecule has 0 spiro atoms. The average Bonchev–Trinajstić information content (AvgIpc) is 3.18. The predicted octanol–water partition coefficient (Wildman–Crippen LogP) is 3.94. The highest BCUT2D eigenvalue weighted by atomic mass is 32.2. The van der Waals surface area contributed by atoms with E-state index in [0.717, 1.165) is 21.0 Å². The lowest BCUT2D eigenvalue weighted by Gasteiger charge is -2.09. The Hall–Kier alpha value is -2.13. The molecule has 0 aliphatic carbocycles. The quantitative estimate of drug-likeness (QED) is 0.493. The molecule has 3 heterocycles. The fraction of sp³-hybridized carbons (Fsp3) is 0.444. The molecule has 0 saturated heterocycles. The lowest BCUT2D eigenvalue weighted by atomic mass is 10.1. The van der Waals surface area contributed by atoms with Crippen molar-refractivity contribution in [3.8, 4) is 0 Å². The van der Waals surface area contributed by atoms with E-state index in [2.05, 4.69) is 15.5 Å². The number of nitrogens with one attached hydrogen (secondary N) is 1. The molecule has 0 radical (unpaired) electrons. The summed E-state index contributed by atoms with van der Waals surface area (Å²) >= 11 is 2.75. The molecule has 3 aromatic heterocycles. The number of thioether (sulfide) groups is 1. The van der Waals surface area contributed by atoms with Crippen LogP contribution in [0.15, 0.2) is 20.5 Å². The van der Waals surface area contributed by atoms with E-state index >= 15 is 0 Å². The molecule has 27 heavy (non-hydrogen) atoms. The first kappa shape index (κ1) is 19.6. The SMILES string of the molecule is CCn1c(SCC(=O)Nc2cc(C(C)C)no2)nc2sc(C)c(C)c2c1=O. The van der Waals surface area contributed by atoms with Crippen molar-refractivity contribution in [1.82, 2.24) is 14.7 Å². The van der Waals surface area contributed by atoms with Gasteiger partial charge in [-0.15, -0.1) is 11.3 Å². The zero-order chi connectivity index (χ0) is 19.7. The van der Waals surface area contributed by atoms with Crippen LogP contribution < -0.4 is 10.9 Å². The normalized spacial score (nSPS) is 11.5. The molecule has 144 valence electrons. The maximum Gasteiger partial charge on any atom is 0.263 e. The van der Waals surface area contributed by atoms with E-state index in [1.54, 1.807) is 10.6 Å². The van der Waals surface area contributed by atoms with Gasteiger partial charge < -0.3 is 4.52 Å². The summed E-state index contributed by atoms with van der Waals surface area (Å²) in [6.07, 6.45) is 0. The first-order valence-corrected chi connectivity index (χ1v) is 10.5. The monoisotopic (exact) mass is 406 g/mol. The van der Waals surface area contributed by atoms with Crippen LogP contribution in [0.4, 0.5) is 5.88 Å². The van der Waals surface area contributed by atoms with Gasteiger partial charge in [0.1, 0.15) is 4.83 Å². The van der Waals surface area contributed by atoms with Crippen LogP contribution in [-0.2, 0) is 11.3 Å². The summed E-state index contributed by atoms with van der Waals surface area (Å²) in [6, 6.07) is 1.72. The largest absolute Gasteiger partial charge is 0.338 e. The van der Waals surface area contributed by atoms with E-state index in [-0.39, 0.29) is 23.1 Å². The van der Waals surface area contributed by atoms with Crippen LogP contribution in [0.5, 0.6) is 0 Å². The summed E-state index contributed by atoms with van der Waals surface area (Å²) in [6.45, 7) is 10.3. The molecule has 3 aromatic rings. The molecule has 0 saturated carbocycles. The Bertz CT molecular complexity index is 1050. The van der Waals surface area contributed by atoms with Crippen molar-refractivity contribution < 1.29 is 9.32 Å². The number of amides is 1. The molecule has 0 aliphatic rings. The van der Waals surface area contributed by atoms with Crippen LogP contribution in [0.2, 0.25) is 0 Å². The average molecular weight is 407 g/mol. The van der Waals surface area contributed by atoms with Crippen LogP contribution in [0.25, 0.3) is 10.2 Å². The van der Waals surface area contributed by atoms with Crippen molar-refractivity contribution in [3.05, 3.63) is 32.6 Å². The second-order valence-electron chi connectivity index (χ2n) is 6.51. The fourth-order valence-corrected chi connectivity index (χ4v) is 4.55. The second kappa shape index (κ2) is 7.85. The lowest BCUT2D eigenvalue weighted by molar-refractivity contribution is -0.113. The smallest absolute Gasteiger partial charge is 0.263 e. The van der Waals surface area contributed by atoms with Gasteiger partial charge in [-0.2, -0.15) is 0 Å². The van der Waals surface area contributed by atoms with Gasteiger partial charge in [-0.25, -0.2) is 4.98 Å². The van der Waals surface area contributed by atoms with Gasteiger partial charge in [0.15, 0.2) is 5.16 Å². The number of carbonyl (C=O) groups is 1. The fourth-order valence-electron chi connectivity index (χ4n) is 2.62. The Labute approximate surface area is 165 Å². The molecule has 0 fully saturated rings. The zero-order valence-corrected chi connectivity index (χ0v) is 17.6. The van der Waals surface area contributed by atoms with Crippen molar-refractivity contribution >= 4 is 45.1 Å². The molecule has 9 heteroatoms. The van der Waals surface area contributed by atoms with E-state index in [4.69, 9.17) is 4.52 Å². The number of aryl methyl sites for hydroxylation is 2. The van der Waals surface area contributed by atoms with Crippen LogP contribution in [0.1, 0.15) is 42.8 Å². The summed E-state index contributed by atoms with van der Waals surface area (Å²) in [4.78, 5) is 31.5. The van der Waals surface area contributed by atoms with Gasteiger partial charge in [-0.3, -0.25) is 19.5 Å².